The van der Waals surface area contributed by atoms with Crippen molar-refractivity contribution in [2.24, 2.45) is 0 Å². The smallest absolute Gasteiger partial charge is 0.281 e. The van der Waals surface area contributed by atoms with Crippen molar-refractivity contribution in [3.05, 3.63) is 0 Å². The Balaban J connectivity index is 0.00000169. The van der Waals surface area contributed by atoms with Crippen molar-refractivity contribution in [2.75, 3.05) is 40.3 Å². The van der Waals surface area contributed by atoms with E-state index >= 15 is 0 Å². The van der Waals surface area contributed by atoms with E-state index < -0.39 is 10.2 Å². The second kappa shape index (κ2) is 5.87. The van der Waals surface area contributed by atoms with Gasteiger partial charge in [0.2, 0.25) is 0 Å². The number of nitrogens with zero attached hydrogens (tertiary/aromatic N) is 2. The minimum atomic E-state index is -3.20. The van der Waals surface area contributed by atoms with Crippen LogP contribution in [0.1, 0.15) is 6.42 Å². The zero-order valence-corrected chi connectivity index (χ0v) is 10.2. The fourth-order valence-corrected chi connectivity index (χ4v) is 2.43. The number of hydrogen-bond donors (Lipinski definition) is 1. The third kappa shape index (κ3) is 3.36. The maximum atomic E-state index is 11.7. The Labute approximate surface area is 92.0 Å². The first-order valence-electron chi connectivity index (χ1n) is 4.43. The van der Waals surface area contributed by atoms with Gasteiger partial charge in [0.25, 0.3) is 10.2 Å². The highest BCUT2D eigenvalue weighted by Crippen LogP contribution is 2.05. The normalized spacial score (nSPS) is 20.2. The van der Waals surface area contributed by atoms with E-state index in [-0.39, 0.29) is 12.4 Å². The quantitative estimate of drug-likeness (QED) is 0.712. The molecule has 0 bridgehead atoms. The van der Waals surface area contributed by atoms with Crippen LogP contribution in [-0.4, -0.2) is 57.3 Å². The molecule has 1 saturated heterocycles. The van der Waals surface area contributed by atoms with Crippen LogP contribution in [0, 0.1) is 0 Å². The molecule has 1 aliphatic heterocycles. The van der Waals surface area contributed by atoms with Gasteiger partial charge in [0.1, 0.15) is 0 Å². The fraction of sp³-hybridized carbons (Fsp3) is 1.00. The summed E-state index contributed by atoms with van der Waals surface area (Å²) in [5, 5.41) is 3.16. The van der Waals surface area contributed by atoms with Gasteiger partial charge in [0.15, 0.2) is 0 Å². The molecule has 5 nitrogen and oxygen atoms in total. The highest BCUT2D eigenvalue weighted by molar-refractivity contribution is 7.86. The van der Waals surface area contributed by atoms with Crippen LogP contribution in [0.3, 0.4) is 0 Å². The molecular formula is C7H18ClN3O2S. The van der Waals surface area contributed by atoms with E-state index in [1.54, 1.807) is 14.1 Å². The Hall–Kier alpha value is 0.120. The van der Waals surface area contributed by atoms with Crippen LogP contribution in [0.25, 0.3) is 0 Å². The highest BCUT2D eigenvalue weighted by atomic mass is 35.5. The van der Waals surface area contributed by atoms with E-state index in [0.29, 0.717) is 13.1 Å². The van der Waals surface area contributed by atoms with Crippen LogP contribution in [0.5, 0.6) is 0 Å². The summed E-state index contributed by atoms with van der Waals surface area (Å²) in [6.45, 7) is 2.83. The minimum Gasteiger partial charge on any atom is -0.315 e. The average Bonchev–Trinajstić information content (AvgIpc) is 2.31. The van der Waals surface area contributed by atoms with Crippen LogP contribution in [0.2, 0.25) is 0 Å². The van der Waals surface area contributed by atoms with E-state index in [4.69, 9.17) is 0 Å². The Morgan fingerprint density at radius 3 is 2.43 bits per heavy atom. The van der Waals surface area contributed by atoms with E-state index in [1.807, 2.05) is 0 Å². The summed E-state index contributed by atoms with van der Waals surface area (Å²) in [6.07, 6.45) is 0.882. The summed E-state index contributed by atoms with van der Waals surface area (Å²) in [4.78, 5) is 0. The summed E-state index contributed by atoms with van der Waals surface area (Å²) < 4.78 is 26.1. The molecule has 1 aliphatic rings. The van der Waals surface area contributed by atoms with E-state index in [1.165, 1.54) is 8.61 Å². The molecule has 86 valence electrons. The molecule has 0 radical (unpaired) electrons. The monoisotopic (exact) mass is 243 g/mol. The largest absolute Gasteiger partial charge is 0.315 e. The molecule has 1 rings (SSSR count). The summed E-state index contributed by atoms with van der Waals surface area (Å²) >= 11 is 0. The van der Waals surface area contributed by atoms with E-state index in [0.717, 1.165) is 19.5 Å². The van der Waals surface area contributed by atoms with Gasteiger partial charge in [-0.2, -0.15) is 17.0 Å². The molecule has 0 aromatic rings. The van der Waals surface area contributed by atoms with Crippen LogP contribution in [0.4, 0.5) is 0 Å². The van der Waals surface area contributed by atoms with Crippen LogP contribution >= 0.6 is 12.4 Å². The Kier molecular flexibility index (Phi) is 5.92. The average molecular weight is 244 g/mol. The summed E-state index contributed by atoms with van der Waals surface area (Å²) in [6, 6.07) is 0. The lowest BCUT2D eigenvalue weighted by molar-refractivity contribution is 0.390. The maximum Gasteiger partial charge on any atom is 0.281 e. The van der Waals surface area contributed by atoms with Crippen molar-refractivity contribution in [3.8, 4) is 0 Å². The first-order chi connectivity index (χ1) is 6.05. The van der Waals surface area contributed by atoms with Gasteiger partial charge in [0.05, 0.1) is 0 Å². The van der Waals surface area contributed by atoms with Gasteiger partial charge in [-0.05, 0) is 13.0 Å². The van der Waals surface area contributed by atoms with Gasteiger partial charge in [-0.3, -0.25) is 0 Å². The van der Waals surface area contributed by atoms with Gasteiger partial charge < -0.3 is 5.32 Å². The lowest BCUT2D eigenvalue weighted by Crippen LogP contribution is -2.41. The van der Waals surface area contributed by atoms with Crippen LogP contribution in [-0.2, 0) is 10.2 Å². The number of hydrogen-bond acceptors (Lipinski definition) is 3. The molecule has 7 heteroatoms. The van der Waals surface area contributed by atoms with Crippen molar-refractivity contribution < 1.29 is 8.42 Å². The van der Waals surface area contributed by atoms with Crippen molar-refractivity contribution in [3.63, 3.8) is 0 Å². The van der Waals surface area contributed by atoms with Gasteiger partial charge in [-0.15, -0.1) is 12.4 Å². The molecule has 1 fully saturated rings. The molecule has 14 heavy (non-hydrogen) atoms. The highest BCUT2D eigenvalue weighted by Gasteiger charge is 2.24. The number of nitrogens with one attached hydrogen (secondary N) is 1. The lowest BCUT2D eigenvalue weighted by Gasteiger charge is -2.23. The molecule has 0 unspecified atom stereocenters. The molecule has 0 atom stereocenters. The summed E-state index contributed by atoms with van der Waals surface area (Å²) in [5.41, 5.74) is 0. The molecular weight excluding hydrogens is 226 g/mol. The third-order valence-corrected chi connectivity index (χ3v) is 4.03. The third-order valence-electron chi connectivity index (χ3n) is 2.09. The van der Waals surface area contributed by atoms with Gasteiger partial charge >= 0.3 is 0 Å². The van der Waals surface area contributed by atoms with Gasteiger partial charge in [-0.1, -0.05) is 0 Å². The summed E-state index contributed by atoms with van der Waals surface area (Å²) in [7, 11) is -0.0703. The van der Waals surface area contributed by atoms with Crippen LogP contribution in [0.15, 0.2) is 0 Å². The number of halogens is 1. The lowest BCUT2D eigenvalue weighted by atomic mass is 10.4. The molecule has 0 aromatic heterocycles. The fourth-order valence-electron chi connectivity index (χ4n) is 1.28. The summed E-state index contributed by atoms with van der Waals surface area (Å²) in [5.74, 6) is 0. The van der Waals surface area contributed by atoms with Crippen molar-refractivity contribution in [1.29, 1.82) is 0 Å². The Morgan fingerprint density at radius 2 is 1.86 bits per heavy atom. The SMILES string of the molecule is CN(C)S(=O)(=O)N1CCCNCC1.Cl. The van der Waals surface area contributed by atoms with Gasteiger partial charge in [-0.25, -0.2) is 0 Å². The van der Waals surface area contributed by atoms with Gasteiger partial charge in [0, 0.05) is 33.7 Å². The predicted molar refractivity (Wildman–Crippen MR) is 58.9 cm³/mol. The molecule has 0 aliphatic carbocycles. The van der Waals surface area contributed by atoms with Crippen LogP contribution < -0.4 is 5.32 Å². The maximum absolute atomic E-state index is 11.7. The molecule has 1 heterocycles. The second-order valence-electron chi connectivity index (χ2n) is 3.29. The van der Waals surface area contributed by atoms with Crippen molar-refractivity contribution in [1.82, 2.24) is 13.9 Å². The molecule has 0 aromatic carbocycles. The Bertz CT molecular complexity index is 248. The van der Waals surface area contributed by atoms with E-state index in [2.05, 4.69) is 5.32 Å². The standard InChI is InChI=1S/C7H17N3O2S.ClH/c1-9(2)13(11,12)10-6-3-4-8-5-7-10;/h8H,3-7H2,1-2H3;1H. The predicted octanol–water partition coefficient (Wildman–Crippen LogP) is -0.490. The van der Waals surface area contributed by atoms with E-state index in [9.17, 15) is 8.42 Å². The Morgan fingerprint density at radius 1 is 1.21 bits per heavy atom. The zero-order chi connectivity index (χ0) is 9.90. The molecule has 0 saturated carbocycles. The van der Waals surface area contributed by atoms with Crippen molar-refractivity contribution in [2.45, 2.75) is 6.42 Å². The molecule has 1 N–H and O–H groups in total. The minimum absolute atomic E-state index is 0. The van der Waals surface area contributed by atoms with Crippen molar-refractivity contribution >= 4 is 22.6 Å². The molecule has 0 amide bonds. The molecule has 0 spiro atoms. The zero-order valence-electron chi connectivity index (χ0n) is 8.56. The number of rotatable bonds is 2. The second-order valence-corrected chi connectivity index (χ2v) is 5.44. The first kappa shape index (κ1) is 14.1. The topological polar surface area (TPSA) is 52.7 Å². The first-order valence-corrected chi connectivity index (χ1v) is 5.83.